The van der Waals surface area contributed by atoms with E-state index in [2.05, 4.69) is 10.3 Å². The summed E-state index contributed by atoms with van der Waals surface area (Å²) in [6.45, 7) is 4.56. The van der Waals surface area contributed by atoms with E-state index < -0.39 is 0 Å². The molecule has 1 aliphatic carbocycles. The summed E-state index contributed by atoms with van der Waals surface area (Å²) in [5.74, 6) is 1.08. The average molecular weight is 305 g/mol. The van der Waals surface area contributed by atoms with E-state index in [1.165, 1.54) is 12.8 Å². The van der Waals surface area contributed by atoms with E-state index >= 15 is 0 Å². The first-order valence-electron chi connectivity index (χ1n) is 8.04. The lowest BCUT2D eigenvalue weighted by Gasteiger charge is -2.23. The van der Waals surface area contributed by atoms with E-state index in [0.717, 1.165) is 24.3 Å². The van der Waals surface area contributed by atoms with Crippen molar-refractivity contribution < 1.29 is 14.0 Å². The molecule has 0 bridgehead atoms. The van der Waals surface area contributed by atoms with Crippen LogP contribution in [0.3, 0.4) is 0 Å². The molecule has 1 N–H and O–H groups in total. The largest absolute Gasteiger partial charge is 0.444 e. The second-order valence-corrected chi connectivity index (χ2v) is 6.35. The monoisotopic (exact) mass is 305 g/mol. The van der Waals surface area contributed by atoms with Crippen molar-refractivity contribution >= 4 is 11.8 Å². The Kier molecular flexibility index (Phi) is 4.18. The van der Waals surface area contributed by atoms with Gasteiger partial charge in [0.05, 0.1) is 18.2 Å². The molecule has 22 heavy (non-hydrogen) atoms. The summed E-state index contributed by atoms with van der Waals surface area (Å²) in [4.78, 5) is 30.5. The summed E-state index contributed by atoms with van der Waals surface area (Å²) >= 11 is 0. The summed E-state index contributed by atoms with van der Waals surface area (Å²) in [5.41, 5.74) is 0.840. The molecule has 3 rings (SSSR count). The van der Waals surface area contributed by atoms with Gasteiger partial charge in [0, 0.05) is 19.0 Å². The topological polar surface area (TPSA) is 75.4 Å². The van der Waals surface area contributed by atoms with Gasteiger partial charge in [-0.05, 0) is 26.7 Å². The van der Waals surface area contributed by atoms with E-state index in [9.17, 15) is 9.59 Å². The van der Waals surface area contributed by atoms with Crippen LogP contribution in [0.5, 0.6) is 0 Å². The van der Waals surface area contributed by atoms with E-state index in [1.807, 2.05) is 18.7 Å². The number of nitrogens with one attached hydrogen (secondary N) is 1. The minimum atomic E-state index is -0.245. The Morgan fingerprint density at radius 3 is 2.73 bits per heavy atom. The van der Waals surface area contributed by atoms with E-state index in [1.54, 1.807) is 0 Å². The highest BCUT2D eigenvalue weighted by molar-refractivity contribution is 5.89. The van der Waals surface area contributed by atoms with Crippen LogP contribution in [0.15, 0.2) is 4.42 Å². The second kappa shape index (κ2) is 6.10. The third kappa shape index (κ3) is 3.00. The predicted molar refractivity (Wildman–Crippen MR) is 79.9 cm³/mol. The molecule has 0 aromatic carbocycles. The van der Waals surface area contributed by atoms with Gasteiger partial charge in [-0.3, -0.25) is 9.59 Å². The lowest BCUT2D eigenvalue weighted by Crippen LogP contribution is -2.36. The van der Waals surface area contributed by atoms with Crippen LogP contribution < -0.4 is 5.32 Å². The van der Waals surface area contributed by atoms with Gasteiger partial charge < -0.3 is 14.6 Å². The smallest absolute Gasteiger partial charge is 0.225 e. The van der Waals surface area contributed by atoms with Crippen LogP contribution in [0.4, 0.5) is 0 Å². The number of hydrogen-bond donors (Lipinski definition) is 1. The number of carbonyl (C=O) groups excluding carboxylic acids is 2. The van der Waals surface area contributed by atoms with Crippen LogP contribution in [-0.2, 0) is 16.1 Å². The fraction of sp³-hybridized carbons (Fsp3) is 0.688. The minimum absolute atomic E-state index is 0.0812. The summed E-state index contributed by atoms with van der Waals surface area (Å²) in [7, 11) is 0. The average Bonchev–Trinajstić information content (AvgIpc) is 3.18. The molecule has 1 atom stereocenters. The molecule has 0 radical (unpaired) electrons. The van der Waals surface area contributed by atoms with Crippen LogP contribution in [0.25, 0.3) is 0 Å². The predicted octanol–water partition coefficient (Wildman–Crippen LogP) is 1.70. The van der Waals surface area contributed by atoms with Gasteiger partial charge in [0.25, 0.3) is 0 Å². The SMILES string of the molecule is Cc1nc(CNC(=O)C2CC(=O)N(C3CCCC3)C2)oc1C. The molecule has 2 heterocycles. The van der Waals surface area contributed by atoms with Gasteiger partial charge in [0.1, 0.15) is 5.76 Å². The molecule has 1 aromatic heterocycles. The Balaban J connectivity index is 1.53. The number of aryl methyl sites for hydroxylation is 2. The fourth-order valence-corrected chi connectivity index (χ4v) is 3.40. The van der Waals surface area contributed by atoms with Gasteiger partial charge >= 0.3 is 0 Å². The minimum Gasteiger partial charge on any atom is -0.444 e. The molecular weight excluding hydrogens is 282 g/mol. The molecule has 1 saturated carbocycles. The van der Waals surface area contributed by atoms with Crippen molar-refractivity contribution in [3.05, 3.63) is 17.3 Å². The summed E-state index contributed by atoms with van der Waals surface area (Å²) in [6, 6.07) is 0.349. The molecule has 2 fully saturated rings. The maximum Gasteiger partial charge on any atom is 0.225 e. The number of likely N-dealkylation sites (tertiary alicyclic amines) is 1. The number of carbonyl (C=O) groups is 2. The Bertz CT molecular complexity index is 556. The zero-order valence-electron chi connectivity index (χ0n) is 13.2. The third-order valence-corrected chi connectivity index (χ3v) is 4.78. The molecule has 1 aromatic rings. The van der Waals surface area contributed by atoms with Gasteiger partial charge in [0.15, 0.2) is 0 Å². The standard InChI is InChI=1S/C16H23N3O3/c1-10-11(2)22-14(18-10)8-17-16(21)12-7-15(20)19(9-12)13-5-3-4-6-13/h12-13H,3-9H2,1-2H3,(H,17,21). The van der Waals surface area contributed by atoms with Crippen LogP contribution in [0.2, 0.25) is 0 Å². The van der Waals surface area contributed by atoms with Crippen LogP contribution in [-0.4, -0.2) is 34.3 Å². The zero-order valence-corrected chi connectivity index (χ0v) is 13.2. The molecule has 1 saturated heterocycles. The van der Waals surface area contributed by atoms with Crippen molar-refractivity contribution in [3.63, 3.8) is 0 Å². The van der Waals surface area contributed by atoms with Crippen molar-refractivity contribution in [2.24, 2.45) is 5.92 Å². The molecule has 2 aliphatic rings. The Morgan fingerprint density at radius 2 is 2.09 bits per heavy atom. The van der Waals surface area contributed by atoms with Gasteiger partial charge in [-0.2, -0.15) is 0 Å². The number of amides is 2. The first-order valence-corrected chi connectivity index (χ1v) is 8.04. The molecule has 0 spiro atoms. The highest BCUT2D eigenvalue weighted by Crippen LogP contribution is 2.29. The Labute approximate surface area is 130 Å². The lowest BCUT2D eigenvalue weighted by molar-refractivity contribution is -0.130. The Morgan fingerprint density at radius 1 is 1.36 bits per heavy atom. The van der Waals surface area contributed by atoms with E-state index in [4.69, 9.17) is 4.42 Å². The van der Waals surface area contributed by atoms with Crippen molar-refractivity contribution in [3.8, 4) is 0 Å². The maximum atomic E-state index is 12.3. The molecule has 2 amide bonds. The number of aromatic nitrogens is 1. The molecule has 1 aliphatic heterocycles. The summed E-state index contributed by atoms with van der Waals surface area (Å²) < 4.78 is 5.45. The molecule has 6 nitrogen and oxygen atoms in total. The van der Waals surface area contributed by atoms with Gasteiger partial charge in [-0.15, -0.1) is 0 Å². The normalized spacial score (nSPS) is 22.5. The van der Waals surface area contributed by atoms with Crippen molar-refractivity contribution in [1.29, 1.82) is 0 Å². The zero-order chi connectivity index (χ0) is 15.7. The lowest BCUT2D eigenvalue weighted by atomic mass is 10.1. The highest BCUT2D eigenvalue weighted by Gasteiger charge is 2.38. The quantitative estimate of drug-likeness (QED) is 0.918. The first-order chi connectivity index (χ1) is 10.5. The van der Waals surface area contributed by atoms with E-state index in [-0.39, 0.29) is 24.3 Å². The molecular formula is C16H23N3O3. The maximum absolute atomic E-state index is 12.3. The van der Waals surface area contributed by atoms with Gasteiger partial charge in [0.2, 0.25) is 17.7 Å². The Hall–Kier alpha value is -1.85. The van der Waals surface area contributed by atoms with Crippen LogP contribution in [0, 0.1) is 19.8 Å². The summed E-state index contributed by atoms with van der Waals surface area (Å²) in [6.07, 6.45) is 4.86. The molecule has 120 valence electrons. The van der Waals surface area contributed by atoms with Crippen molar-refractivity contribution in [2.75, 3.05) is 6.54 Å². The van der Waals surface area contributed by atoms with Gasteiger partial charge in [-0.25, -0.2) is 4.98 Å². The van der Waals surface area contributed by atoms with Crippen molar-refractivity contribution in [1.82, 2.24) is 15.2 Å². The number of nitrogens with zero attached hydrogens (tertiary/aromatic N) is 2. The molecule has 6 heteroatoms. The van der Waals surface area contributed by atoms with Gasteiger partial charge in [-0.1, -0.05) is 12.8 Å². The first kappa shape index (κ1) is 15.1. The third-order valence-electron chi connectivity index (χ3n) is 4.78. The second-order valence-electron chi connectivity index (χ2n) is 6.35. The van der Waals surface area contributed by atoms with Crippen molar-refractivity contribution in [2.45, 2.75) is 58.5 Å². The number of hydrogen-bond acceptors (Lipinski definition) is 4. The number of rotatable bonds is 4. The fourth-order valence-electron chi connectivity index (χ4n) is 3.40. The van der Waals surface area contributed by atoms with Crippen LogP contribution >= 0.6 is 0 Å². The summed E-state index contributed by atoms with van der Waals surface area (Å²) in [5, 5.41) is 2.84. The number of oxazole rings is 1. The van der Waals surface area contributed by atoms with E-state index in [0.29, 0.717) is 24.9 Å². The van der Waals surface area contributed by atoms with Crippen LogP contribution in [0.1, 0.15) is 49.4 Å². The highest BCUT2D eigenvalue weighted by atomic mass is 16.4. The molecule has 1 unspecified atom stereocenters.